The first-order chi connectivity index (χ1) is 11.8. The highest BCUT2D eigenvalue weighted by Gasteiger charge is 2.10. The Labute approximate surface area is 157 Å². The normalized spacial score (nSPS) is 18.7. The Morgan fingerprint density at radius 1 is 0.960 bits per heavy atom. The molecule has 0 spiro atoms. The van der Waals surface area contributed by atoms with Gasteiger partial charge in [0.25, 0.3) is 0 Å². The maximum absolute atomic E-state index is 9.39. The van der Waals surface area contributed by atoms with Gasteiger partial charge in [-0.05, 0) is 64.2 Å². The molecule has 0 fully saturated rings. The van der Waals surface area contributed by atoms with Crippen molar-refractivity contribution in [1.82, 2.24) is 0 Å². The van der Waals surface area contributed by atoms with Gasteiger partial charge < -0.3 is 5.11 Å². The van der Waals surface area contributed by atoms with Crippen molar-refractivity contribution >= 4 is 0 Å². The number of rotatable bonds is 12. The van der Waals surface area contributed by atoms with Crippen molar-refractivity contribution in [2.45, 2.75) is 86.7 Å². The van der Waals surface area contributed by atoms with Gasteiger partial charge in [0.1, 0.15) is 0 Å². The summed E-state index contributed by atoms with van der Waals surface area (Å²) in [6.45, 7) is 15.4. The summed E-state index contributed by atoms with van der Waals surface area (Å²) in [5.41, 5.74) is 2.83. The average molecular weight is 347 g/mol. The van der Waals surface area contributed by atoms with Crippen LogP contribution in [0.4, 0.5) is 0 Å². The summed E-state index contributed by atoms with van der Waals surface area (Å²) in [6, 6.07) is 0. The van der Waals surface area contributed by atoms with Gasteiger partial charge in [-0.15, -0.1) is 0 Å². The van der Waals surface area contributed by atoms with Crippen LogP contribution in [0.15, 0.2) is 47.6 Å². The summed E-state index contributed by atoms with van der Waals surface area (Å²) < 4.78 is 0. The van der Waals surface area contributed by atoms with Crippen molar-refractivity contribution in [2.24, 2.45) is 17.8 Å². The van der Waals surface area contributed by atoms with Gasteiger partial charge in [0.2, 0.25) is 0 Å². The maximum atomic E-state index is 9.39. The first kappa shape index (κ1) is 23.9. The zero-order valence-corrected chi connectivity index (χ0v) is 17.8. The van der Waals surface area contributed by atoms with Gasteiger partial charge in [-0.3, -0.25) is 0 Å². The molecule has 0 aliphatic rings. The van der Waals surface area contributed by atoms with Crippen LogP contribution in [0.25, 0.3) is 0 Å². The van der Waals surface area contributed by atoms with E-state index in [1.54, 1.807) is 0 Å². The van der Waals surface area contributed by atoms with Crippen LogP contribution in [-0.4, -0.2) is 11.2 Å². The predicted octanol–water partition coefficient (Wildman–Crippen LogP) is 7.25. The largest absolute Gasteiger partial charge is 0.393 e. The minimum Gasteiger partial charge on any atom is -0.393 e. The molecule has 0 aromatic heterocycles. The number of hydrogen-bond acceptors (Lipinski definition) is 1. The molecule has 0 aromatic rings. The summed E-state index contributed by atoms with van der Waals surface area (Å²) in [4.78, 5) is 0. The molecule has 0 bridgehead atoms. The van der Waals surface area contributed by atoms with E-state index in [-0.39, 0.29) is 6.10 Å². The summed E-state index contributed by atoms with van der Waals surface area (Å²) in [5, 5.41) is 9.39. The molecule has 4 unspecified atom stereocenters. The molecule has 144 valence electrons. The van der Waals surface area contributed by atoms with Crippen molar-refractivity contribution < 1.29 is 5.11 Å². The molecule has 25 heavy (non-hydrogen) atoms. The van der Waals surface area contributed by atoms with Gasteiger partial charge >= 0.3 is 0 Å². The summed E-state index contributed by atoms with van der Waals surface area (Å²) >= 11 is 0. The van der Waals surface area contributed by atoms with Gasteiger partial charge in [0, 0.05) is 0 Å². The van der Waals surface area contributed by atoms with Crippen LogP contribution < -0.4 is 0 Å². The standard InChI is InChI=1S/C24H42O/c1-8-19(2)12-10-9-11-13-20(3)18-21(4)14-15-22(5)23(6)16-17-24(7)25/h9-13,16,20-22,24-25H,8,14-15,17-18H2,1-7H3/b10-9+,13-11+,19-12+,23-16+. The molecule has 0 amide bonds. The lowest BCUT2D eigenvalue weighted by Gasteiger charge is -2.18. The molecule has 0 saturated heterocycles. The molecule has 0 aromatic carbocycles. The van der Waals surface area contributed by atoms with Crippen LogP contribution in [0.2, 0.25) is 0 Å². The Hall–Kier alpha value is -1.08. The van der Waals surface area contributed by atoms with Crippen LogP contribution in [0, 0.1) is 17.8 Å². The van der Waals surface area contributed by atoms with Gasteiger partial charge in [-0.2, -0.15) is 0 Å². The Balaban J connectivity index is 4.16. The fourth-order valence-electron chi connectivity index (χ4n) is 2.81. The molecular weight excluding hydrogens is 304 g/mol. The van der Waals surface area contributed by atoms with Gasteiger partial charge in [-0.25, -0.2) is 0 Å². The van der Waals surface area contributed by atoms with Crippen LogP contribution in [0.5, 0.6) is 0 Å². The van der Waals surface area contributed by atoms with Crippen molar-refractivity contribution in [3.05, 3.63) is 47.6 Å². The van der Waals surface area contributed by atoms with Crippen LogP contribution in [0.3, 0.4) is 0 Å². The van der Waals surface area contributed by atoms with E-state index in [2.05, 4.69) is 78.0 Å². The van der Waals surface area contributed by atoms with Crippen molar-refractivity contribution in [3.8, 4) is 0 Å². The van der Waals surface area contributed by atoms with E-state index in [1.165, 1.54) is 30.4 Å². The Bertz CT molecular complexity index is 451. The van der Waals surface area contributed by atoms with E-state index in [0.29, 0.717) is 11.8 Å². The summed E-state index contributed by atoms with van der Waals surface area (Å²) in [5.74, 6) is 1.99. The maximum Gasteiger partial charge on any atom is 0.0546 e. The molecule has 1 nitrogen and oxygen atoms in total. The minimum atomic E-state index is -0.232. The van der Waals surface area contributed by atoms with E-state index >= 15 is 0 Å². The SMILES string of the molecule is CC/C(C)=C/C=C/C=C/C(C)CC(C)CCC(C)/C(C)=C/CC(C)O. The molecule has 1 N–H and O–H groups in total. The Kier molecular flexibility index (Phi) is 13.5. The van der Waals surface area contributed by atoms with Crippen molar-refractivity contribution in [2.75, 3.05) is 0 Å². The second kappa shape index (κ2) is 14.1. The lowest BCUT2D eigenvalue weighted by molar-refractivity contribution is 0.198. The first-order valence-electron chi connectivity index (χ1n) is 10.1. The second-order valence-corrected chi connectivity index (χ2v) is 7.97. The van der Waals surface area contributed by atoms with E-state index < -0.39 is 0 Å². The van der Waals surface area contributed by atoms with Crippen molar-refractivity contribution in [3.63, 3.8) is 0 Å². The van der Waals surface area contributed by atoms with Gasteiger partial charge in [-0.1, -0.05) is 81.7 Å². The Morgan fingerprint density at radius 3 is 2.24 bits per heavy atom. The molecule has 0 heterocycles. The molecule has 0 rings (SSSR count). The third-order valence-corrected chi connectivity index (χ3v) is 5.03. The highest BCUT2D eigenvalue weighted by Crippen LogP contribution is 2.24. The number of aliphatic hydroxyl groups excluding tert-OH is 1. The second-order valence-electron chi connectivity index (χ2n) is 7.97. The summed E-state index contributed by atoms with van der Waals surface area (Å²) in [6.07, 6.45) is 18.6. The minimum absolute atomic E-state index is 0.232. The third-order valence-electron chi connectivity index (χ3n) is 5.03. The monoisotopic (exact) mass is 346 g/mol. The fraction of sp³-hybridized carbons (Fsp3) is 0.667. The smallest absolute Gasteiger partial charge is 0.0546 e. The molecule has 0 saturated carbocycles. The molecule has 1 heteroatoms. The highest BCUT2D eigenvalue weighted by atomic mass is 16.3. The number of allylic oxidation sites excluding steroid dienone is 7. The van der Waals surface area contributed by atoms with E-state index in [0.717, 1.165) is 18.8 Å². The Morgan fingerprint density at radius 2 is 1.64 bits per heavy atom. The number of hydrogen-bond donors (Lipinski definition) is 1. The average Bonchev–Trinajstić information content (AvgIpc) is 2.56. The van der Waals surface area contributed by atoms with Gasteiger partial charge in [0.05, 0.1) is 6.10 Å². The van der Waals surface area contributed by atoms with Crippen LogP contribution >= 0.6 is 0 Å². The third kappa shape index (κ3) is 13.8. The zero-order chi connectivity index (χ0) is 19.2. The zero-order valence-electron chi connectivity index (χ0n) is 17.8. The highest BCUT2D eigenvalue weighted by molar-refractivity contribution is 5.15. The van der Waals surface area contributed by atoms with E-state index in [9.17, 15) is 5.11 Å². The molecule has 0 aliphatic carbocycles. The van der Waals surface area contributed by atoms with Crippen molar-refractivity contribution in [1.29, 1.82) is 0 Å². The topological polar surface area (TPSA) is 20.2 Å². The summed E-state index contributed by atoms with van der Waals surface area (Å²) in [7, 11) is 0. The quantitative estimate of drug-likeness (QED) is 0.291. The number of aliphatic hydroxyl groups is 1. The van der Waals surface area contributed by atoms with Crippen LogP contribution in [-0.2, 0) is 0 Å². The molecular formula is C24H42O. The molecule has 0 radical (unpaired) electrons. The van der Waals surface area contributed by atoms with Gasteiger partial charge in [0.15, 0.2) is 0 Å². The van der Waals surface area contributed by atoms with E-state index in [4.69, 9.17) is 0 Å². The lowest BCUT2D eigenvalue weighted by Crippen LogP contribution is -2.05. The van der Waals surface area contributed by atoms with Crippen LogP contribution in [0.1, 0.15) is 80.6 Å². The lowest BCUT2D eigenvalue weighted by atomic mass is 9.88. The molecule has 4 atom stereocenters. The predicted molar refractivity (Wildman–Crippen MR) is 114 cm³/mol. The first-order valence-corrected chi connectivity index (χ1v) is 10.1. The van der Waals surface area contributed by atoms with E-state index in [1.807, 2.05) is 6.92 Å². The fourth-order valence-corrected chi connectivity index (χ4v) is 2.81. The molecule has 0 aliphatic heterocycles.